The number of halogens is 1. The molecule has 0 unspecified atom stereocenters. The molecular formula is C14H16ClN3. The van der Waals surface area contributed by atoms with E-state index in [-0.39, 0.29) is 0 Å². The van der Waals surface area contributed by atoms with Crippen LogP contribution in [0.2, 0.25) is 5.15 Å². The zero-order valence-electron chi connectivity index (χ0n) is 10.9. The Bertz CT molecular complexity index is 550. The van der Waals surface area contributed by atoms with E-state index in [4.69, 9.17) is 11.6 Å². The van der Waals surface area contributed by atoms with Crippen LogP contribution < -0.4 is 0 Å². The van der Waals surface area contributed by atoms with Crippen molar-refractivity contribution in [2.75, 3.05) is 0 Å². The van der Waals surface area contributed by atoms with Crippen molar-refractivity contribution in [3.05, 3.63) is 51.8 Å². The van der Waals surface area contributed by atoms with Crippen LogP contribution in [0.4, 0.5) is 0 Å². The molecule has 0 radical (unpaired) electrons. The van der Waals surface area contributed by atoms with Gasteiger partial charge in [0.1, 0.15) is 0 Å². The highest BCUT2D eigenvalue weighted by Crippen LogP contribution is 2.16. The number of aryl methyl sites for hydroxylation is 3. The van der Waals surface area contributed by atoms with E-state index in [1.165, 1.54) is 5.56 Å². The molecule has 0 aliphatic carbocycles. The van der Waals surface area contributed by atoms with Gasteiger partial charge in [0.25, 0.3) is 0 Å². The van der Waals surface area contributed by atoms with Gasteiger partial charge in [-0.15, -0.1) is 0 Å². The van der Waals surface area contributed by atoms with Gasteiger partial charge in [0.15, 0.2) is 5.15 Å². The average molecular weight is 262 g/mol. The van der Waals surface area contributed by atoms with Crippen molar-refractivity contribution in [2.45, 2.75) is 33.6 Å². The standard InChI is InChI=1S/C14H16ClN3/c1-4-11-5-6-12(16-8-11)7-13-14(15)18-10(3)9(2)17-13/h5-6,8H,4,7H2,1-3H3. The van der Waals surface area contributed by atoms with Crippen molar-refractivity contribution < 1.29 is 0 Å². The summed E-state index contributed by atoms with van der Waals surface area (Å²) in [5.41, 5.74) is 4.77. The van der Waals surface area contributed by atoms with Crippen LogP contribution in [0.25, 0.3) is 0 Å². The molecule has 18 heavy (non-hydrogen) atoms. The topological polar surface area (TPSA) is 38.7 Å². The van der Waals surface area contributed by atoms with Crippen LogP contribution in [0, 0.1) is 13.8 Å². The number of aromatic nitrogens is 3. The van der Waals surface area contributed by atoms with Gasteiger partial charge in [-0.1, -0.05) is 24.6 Å². The van der Waals surface area contributed by atoms with Crippen molar-refractivity contribution in [2.24, 2.45) is 0 Å². The van der Waals surface area contributed by atoms with E-state index in [1.807, 2.05) is 26.1 Å². The third kappa shape index (κ3) is 2.85. The van der Waals surface area contributed by atoms with Crippen LogP contribution in [0.3, 0.4) is 0 Å². The first-order chi connectivity index (χ1) is 8.60. The third-order valence-corrected chi connectivity index (χ3v) is 3.28. The van der Waals surface area contributed by atoms with Crippen LogP contribution in [0.5, 0.6) is 0 Å². The predicted octanol–water partition coefficient (Wildman–Crippen LogP) is 3.30. The van der Waals surface area contributed by atoms with E-state index in [0.717, 1.165) is 29.2 Å². The molecule has 0 atom stereocenters. The molecule has 0 saturated heterocycles. The highest BCUT2D eigenvalue weighted by atomic mass is 35.5. The Balaban J connectivity index is 2.25. The van der Waals surface area contributed by atoms with Crippen molar-refractivity contribution in [3.63, 3.8) is 0 Å². The quantitative estimate of drug-likeness (QED) is 0.851. The van der Waals surface area contributed by atoms with Crippen LogP contribution in [-0.4, -0.2) is 15.0 Å². The fourth-order valence-electron chi connectivity index (χ4n) is 1.67. The number of hydrogen-bond donors (Lipinski definition) is 0. The zero-order valence-corrected chi connectivity index (χ0v) is 11.6. The molecule has 2 aromatic rings. The van der Waals surface area contributed by atoms with Gasteiger partial charge >= 0.3 is 0 Å². The molecule has 2 rings (SSSR count). The van der Waals surface area contributed by atoms with E-state index in [2.05, 4.69) is 27.9 Å². The molecule has 0 aromatic carbocycles. The van der Waals surface area contributed by atoms with Gasteiger partial charge in [0, 0.05) is 18.3 Å². The number of nitrogens with zero attached hydrogens (tertiary/aromatic N) is 3. The largest absolute Gasteiger partial charge is 0.261 e. The normalized spacial score (nSPS) is 10.7. The second kappa shape index (κ2) is 5.44. The van der Waals surface area contributed by atoms with Gasteiger partial charge in [-0.05, 0) is 31.9 Å². The summed E-state index contributed by atoms with van der Waals surface area (Å²) in [6.07, 6.45) is 3.52. The van der Waals surface area contributed by atoms with Crippen molar-refractivity contribution in [3.8, 4) is 0 Å². The van der Waals surface area contributed by atoms with Crippen LogP contribution in [-0.2, 0) is 12.8 Å². The maximum atomic E-state index is 6.11. The molecule has 0 amide bonds. The molecule has 4 heteroatoms. The summed E-state index contributed by atoms with van der Waals surface area (Å²) in [5, 5.41) is 0.472. The van der Waals surface area contributed by atoms with Gasteiger partial charge in [-0.2, -0.15) is 0 Å². The molecule has 0 saturated carbocycles. The molecule has 0 aliphatic rings. The van der Waals surface area contributed by atoms with E-state index in [9.17, 15) is 0 Å². The van der Waals surface area contributed by atoms with Crippen molar-refractivity contribution >= 4 is 11.6 Å². The number of hydrogen-bond acceptors (Lipinski definition) is 3. The molecule has 2 heterocycles. The summed E-state index contributed by atoms with van der Waals surface area (Å²) in [4.78, 5) is 13.2. The molecular weight excluding hydrogens is 246 g/mol. The molecule has 94 valence electrons. The maximum Gasteiger partial charge on any atom is 0.151 e. The molecule has 0 N–H and O–H groups in total. The Labute approximate surface area is 112 Å². The minimum Gasteiger partial charge on any atom is -0.261 e. The van der Waals surface area contributed by atoms with Crippen molar-refractivity contribution in [1.82, 2.24) is 15.0 Å². The predicted molar refractivity (Wildman–Crippen MR) is 72.9 cm³/mol. The summed E-state index contributed by atoms with van der Waals surface area (Å²) in [5.74, 6) is 0. The summed E-state index contributed by atoms with van der Waals surface area (Å²) in [7, 11) is 0. The lowest BCUT2D eigenvalue weighted by molar-refractivity contribution is 0.933. The van der Waals surface area contributed by atoms with E-state index < -0.39 is 0 Å². The highest BCUT2D eigenvalue weighted by molar-refractivity contribution is 6.30. The van der Waals surface area contributed by atoms with E-state index in [1.54, 1.807) is 0 Å². The van der Waals surface area contributed by atoms with Gasteiger partial charge < -0.3 is 0 Å². The van der Waals surface area contributed by atoms with E-state index >= 15 is 0 Å². The van der Waals surface area contributed by atoms with Crippen LogP contribution in [0.1, 0.15) is 35.3 Å². The lowest BCUT2D eigenvalue weighted by Crippen LogP contribution is -2.02. The third-order valence-electron chi connectivity index (χ3n) is 2.97. The zero-order chi connectivity index (χ0) is 13.1. The Hall–Kier alpha value is -1.48. The number of rotatable bonds is 3. The SMILES string of the molecule is CCc1ccc(Cc2nc(C)c(C)nc2Cl)nc1. The van der Waals surface area contributed by atoms with Crippen molar-refractivity contribution in [1.29, 1.82) is 0 Å². The monoisotopic (exact) mass is 261 g/mol. The maximum absolute atomic E-state index is 6.11. The fourth-order valence-corrected chi connectivity index (χ4v) is 1.91. The number of pyridine rings is 1. The Kier molecular flexibility index (Phi) is 3.92. The second-order valence-corrected chi connectivity index (χ2v) is 4.68. The fraction of sp³-hybridized carbons (Fsp3) is 0.357. The smallest absolute Gasteiger partial charge is 0.151 e. The summed E-state index contributed by atoms with van der Waals surface area (Å²) >= 11 is 6.11. The summed E-state index contributed by atoms with van der Waals surface area (Å²) in [6.45, 7) is 5.96. The lowest BCUT2D eigenvalue weighted by Gasteiger charge is -2.06. The van der Waals surface area contributed by atoms with Gasteiger partial charge in [-0.25, -0.2) is 4.98 Å². The van der Waals surface area contributed by atoms with Gasteiger partial charge in [0.05, 0.1) is 17.1 Å². The lowest BCUT2D eigenvalue weighted by atomic mass is 10.1. The van der Waals surface area contributed by atoms with Crippen LogP contribution >= 0.6 is 11.6 Å². The van der Waals surface area contributed by atoms with Crippen LogP contribution in [0.15, 0.2) is 18.3 Å². The Morgan fingerprint density at radius 2 is 1.83 bits per heavy atom. The first-order valence-electron chi connectivity index (χ1n) is 6.03. The summed E-state index contributed by atoms with van der Waals surface area (Å²) in [6, 6.07) is 4.11. The van der Waals surface area contributed by atoms with Gasteiger partial charge in [-0.3, -0.25) is 9.97 Å². The van der Waals surface area contributed by atoms with E-state index in [0.29, 0.717) is 11.6 Å². The molecule has 0 fully saturated rings. The highest BCUT2D eigenvalue weighted by Gasteiger charge is 2.08. The minimum atomic E-state index is 0.472. The Morgan fingerprint density at radius 1 is 1.11 bits per heavy atom. The molecule has 0 bridgehead atoms. The molecule has 3 nitrogen and oxygen atoms in total. The molecule has 0 aliphatic heterocycles. The second-order valence-electron chi connectivity index (χ2n) is 4.32. The molecule has 0 spiro atoms. The molecule has 2 aromatic heterocycles. The Morgan fingerprint density at radius 3 is 2.44 bits per heavy atom. The first kappa shape index (κ1) is 13.0. The minimum absolute atomic E-state index is 0.472. The van der Waals surface area contributed by atoms with Gasteiger partial charge in [0.2, 0.25) is 0 Å². The average Bonchev–Trinajstić information content (AvgIpc) is 2.37. The summed E-state index contributed by atoms with van der Waals surface area (Å²) < 4.78 is 0. The first-order valence-corrected chi connectivity index (χ1v) is 6.41.